The van der Waals surface area contributed by atoms with Crippen LogP contribution in [0.15, 0.2) is 12.1 Å². The fraction of sp³-hybridized carbons (Fsp3) is 0.333. The molecule has 1 aliphatic rings. The van der Waals surface area contributed by atoms with Crippen LogP contribution in [-0.4, -0.2) is 20.3 Å². The van der Waals surface area contributed by atoms with Gasteiger partial charge in [-0.1, -0.05) is 0 Å². The molecule has 1 aromatic carbocycles. The van der Waals surface area contributed by atoms with Gasteiger partial charge in [-0.3, -0.25) is 0 Å². The fourth-order valence-corrected chi connectivity index (χ4v) is 1.14. The second-order valence-electron chi connectivity index (χ2n) is 2.40. The number of rotatable bonds is 1. The van der Waals surface area contributed by atoms with Crippen LogP contribution in [0.5, 0.6) is 17.2 Å². The van der Waals surface area contributed by atoms with Crippen LogP contribution in [0, 0.1) is 6.07 Å². The minimum Gasteiger partial charge on any atom is -0.492 e. The number of fused-ring (bicyclic) bond motifs is 1. The van der Waals surface area contributed by atoms with Gasteiger partial charge in [-0.2, -0.15) is 0 Å². The third-order valence-corrected chi connectivity index (χ3v) is 1.67. The van der Waals surface area contributed by atoms with Crippen molar-refractivity contribution in [2.75, 3.05) is 20.3 Å². The minimum absolute atomic E-state index is 0.571. The molecule has 0 amide bonds. The van der Waals surface area contributed by atoms with Gasteiger partial charge in [0.15, 0.2) is 11.5 Å². The maximum absolute atomic E-state index is 5.36. The Balaban J connectivity index is 2.44. The number of benzene rings is 1. The quantitative estimate of drug-likeness (QED) is 0.627. The Bertz CT molecular complexity index is 269. The third kappa shape index (κ3) is 1.07. The first kappa shape index (κ1) is 7.28. The number of ether oxygens (including phenoxy) is 3. The van der Waals surface area contributed by atoms with E-state index in [-0.39, 0.29) is 0 Å². The van der Waals surface area contributed by atoms with Gasteiger partial charge < -0.3 is 14.2 Å². The molecule has 0 spiro atoms. The van der Waals surface area contributed by atoms with Crippen molar-refractivity contribution in [3.8, 4) is 17.2 Å². The summed E-state index contributed by atoms with van der Waals surface area (Å²) in [5.41, 5.74) is 0. The molecule has 0 fully saturated rings. The Kier molecular flexibility index (Phi) is 1.78. The molecule has 2 rings (SSSR count). The summed E-state index contributed by atoms with van der Waals surface area (Å²) in [6.45, 7) is 1.17. The van der Waals surface area contributed by atoms with Crippen LogP contribution in [0.1, 0.15) is 0 Å². The lowest BCUT2D eigenvalue weighted by molar-refractivity contribution is 0.165. The molecule has 12 heavy (non-hydrogen) atoms. The van der Waals surface area contributed by atoms with Gasteiger partial charge in [0.2, 0.25) is 5.75 Å². The first-order valence-corrected chi connectivity index (χ1v) is 3.76. The second kappa shape index (κ2) is 2.93. The lowest BCUT2D eigenvalue weighted by Crippen LogP contribution is -2.15. The van der Waals surface area contributed by atoms with Gasteiger partial charge in [0.25, 0.3) is 0 Å². The van der Waals surface area contributed by atoms with Crippen molar-refractivity contribution < 1.29 is 14.2 Å². The van der Waals surface area contributed by atoms with E-state index in [2.05, 4.69) is 6.07 Å². The topological polar surface area (TPSA) is 27.7 Å². The van der Waals surface area contributed by atoms with Gasteiger partial charge in [0.1, 0.15) is 13.2 Å². The van der Waals surface area contributed by atoms with Gasteiger partial charge in [0.05, 0.1) is 7.11 Å². The van der Waals surface area contributed by atoms with E-state index in [1.54, 1.807) is 13.2 Å². The molecule has 0 aliphatic carbocycles. The molecular weight excluding hydrogens is 156 g/mol. The normalized spacial score (nSPS) is 14.1. The zero-order valence-electron chi connectivity index (χ0n) is 6.79. The number of hydrogen-bond donors (Lipinski definition) is 0. The minimum atomic E-state index is 0.571. The van der Waals surface area contributed by atoms with Gasteiger partial charge in [-0.05, 0) is 12.1 Å². The maximum atomic E-state index is 5.36. The molecule has 1 aromatic rings. The van der Waals surface area contributed by atoms with Crippen molar-refractivity contribution >= 4 is 0 Å². The fourth-order valence-electron chi connectivity index (χ4n) is 1.14. The average molecular weight is 165 g/mol. The predicted octanol–water partition coefficient (Wildman–Crippen LogP) is 1.27. The highest BCUT2D eigenvalue weighted by atomic mass is 16.6. The van der Waals surface area contributed by atoms with E-state index >= 15 is 0 Å². The summed E-state index contributed by atoms with van der Waals surface area (Å²) in [5, 5.41) is 0. The second-order valence-corrected chi connectivity index (χ2v) is 2.40. The summed E-state index contributed by atoms with van der Waals surface area (Å²) in [6, 6.07) is 6.49. The summed E-state index contributed by atoms with van der Waals surface area (Å²) in [7, 11) is 1.59. The molecule has 1 heterocycles. The Morgan fingerprint density at radius 3 is 3.08 bits per heavy atom. The van der Waals surface area contributed by atoms with Crippen molar-refractivity contribution in [1.29, 1.82) is 0 Å². The summed E-state index contributed by atoms with van der Waals surface area (Å²) >= 11 is 0. The van der Waals surface area contributed by atoms with Gasteiger partial charge in [0, 0.05) is 6.07 Å². The Hall–Kier alpha value is -1.38. The summed E-state index contributed by atoms with van der Waals surface area (Å²) in [4.78, 5) is 0. The van der Waals surface area contributed by atoms with Crippen LogP contribution >= 0.6 is 0 Å². The van der Waals surface area contributed by atoms with Crippen LogP contribution in [0.25, 0.3) is 0 Å². The smallest absolute Gasteiger partial charge is 0.204 e. The summed E-state index contributed by atoms with van der Waals surface area (Å²) < 4.78 is 15.8. The van der Waals surface area contributed by atoms with E-state index in [9.17, 15) is 0 Å². The standard InChI is InChI=1S/C9H9O3/c1-10-7-3-2-4-8-9(7)12-6-5-11-8/h2,4H,5-6H2,1H3. The highest BCUT2D eigenvalue weighted by Gasteiger charge is 2.15. The molecule has 0 bridgehead atoms. The predicted molar refractivity (Wildman–Crippen MR) is 42.8 cm³/mol. The Labute approximate surface area is 70.9 Å². The van der Waals surface area contributed by atoms with E-state index in [0.29, 0.717) is 24.7 Å². The van der Waals surface area contributed by atoms with Crippen molar-refractivity contribution in [2.45, 2.75) is 0 Å². The average Bonchev–Trinajstić information content (AvgIpc) is 2.17. The highest BCUT2D eigenvalue weighted by molar-refractivity contribution is 5.50. The molecule has 3 heteroatoms. The molecule has 0 unspecified atom stereocenters. The number of methoxy groups -OCH3 is 1. The monoisotopic (exact) mass is 165 g/mol. The largest absolute Gasteiger partial charge is 0.492 e. The molecule has 0 saturated carbocycles. The van der Waals surface area contributed by atoms with Crippen molar-refractivity contribution in [1.82, 2.24) is 0 Å². The van der Waals surface area contributed by atoms with Crippen molar-refractivity contribution in [3.05, 3.63) is 18.2 Å². The van der Waals surface area contributed by atoms with Crippen LogP contribution in [0.4, 0.5) is 0 Å². The highest BCUT2D eigenvalue weighted by Crippen LogP contribution is 2.38. The van der Waals surface area contributed by atoms with Crippen molar-refractivity contribution in [2.24, 2.45) is 0 Å². The molecule has 3 nitrogen and oxygen atoms in total. The van der Waals surface area contributed by atoms with Crippen molar-refractivity contribution in [3.63, 3.8) is 0 Å². The molecule has 0 N–H and O–H groups in total. The molecule has 1 aliphatic heterocycles. The van der Waals surface area contributed by atoms with Crippen LogP contribution in [-0.2, 0) is 0 Å². The van der Waals surface area contributed by atoms with Crippen LogP contribution in [0.2, 0.25) is 0 Å². The molecule has 0 aromatic heterocycles. The lowest BCUT2D eigenvalue weighted by atomic mass is 10.3. The zero-order chi connectivity index (χ0) is 8.39. The summed E-state index contributed by atoms with van der Waals surface area (Å²) in [5.74, 6) is 2.00. The van der Waals surface area contributed by atoms with Gasteiger partial charge in [-0.25, -0.2) is 0 Å². The van der Waals surface area contributed by atoms with Gasteiger partial charge >= 0.3 is 0 Å². The van der Waals surface area contributed by atoms with Crippen LogP contribution in [0.3, 0.4) is 0 Å². The molecule has 0 saturated heterocycles. The lowest BCUT2D eigenvalue weighted by Gasteiger charge is -2.19. The molecule has 1 radical (unpaired) electrons. The first-order valence-electron chi connectivity index (χ1n) is 3.76. The zero-order valence-corrected chi connectivity index (χ0v) is 6.79. The van der Waals surface area contributed by atoms with E-state index in [1.807, 2.05) is 6.07 Å². The SMILES string of the molecule is COc1[c]ccc2c1OCCO2. The summed E-state index contributed by atoms with van der Waals surface area (Å²) in [6.07, 6.45) is 0. The Morgan fingerprint density at radius 1 is 1.42 bits per heavy atom. The van der Waals surface area contributed by atoms with E-state index in [1.165, 1.54) is 0 Å². The number of hydrogen-bond acceptors (Lipinski definition) is 3. The maximum Gasteiger partial charge on any atom is 0.204 e. The first-order chi connectivity index (χ1) is 5.92. The van der Waals surface area contributed by atoms with E-state index in [0.717, 1.165) is 5.75 Å². The Morgan fingerprint density at radius 2 is 2.25 bits per heavy atom. The van der Waals surface area contributed by atoms with Crippen LogP contribution < -0.4 is 14.2 Å². The molecular formula is C9H9O3. The van der Waals surface area contributed by atoms with E-state index < -0.39 is 0 Å². The molecule has 0 atom stereocenters. The third-order valence-electron chi connectivity index (χ3n) is 1.67. The van der Waals surface area contributed by atoms with Gasteiger partial charge in [-0.15, -0.1) is 0 Å². The molecule has 63 valence electrons. The van der Waals surface area contributed by atoms with E-state index in [4.69, 9.17) is 14.2 Å².